The fourth-order valence-corrected chi connectivity index (χ4v) is 1.80. The van der Waals surface area contributed by atoms with Crippen molar-refractivity contribution in [2.45, 2.75) is 5.60 Å². The molecule has 0 aliphatic carbocycles. The van der Waals surface area contributed by atoms with Crippen molar-refractivity contribution in [2.24, 2.45) is 0 Å². The maximum atomic E-state index is 10.2. The molecular weight excluding hydrogens is 206 g/mol. The van der Waals surface area contributed by atoms with E-state index >= 15 is 0 Å². The normalized spacial score (nSPS) is 18.1. The van der Waals surface area contributed by atoms with E-state index in [1.54, 1.807) is 0 Å². The van der Waals surface area contributed by atoms with E-state index in [-0.39, 0.29) is 0 Å². The van der Waals surface area contributed by atoms with Crippen molar-refractivity contribution >= 4 is 0 Å². The molecule has 1 aliphatic rings. The number of nitrogens with zero attached hydrogens (tertiary/aromatic N) is 3. The average Bonchev–Trinajstić information content (AvgIpc) is 2.79. The molecule has 2 aromatic rings. The first kappa shape index (κ1) is 9.44. The predicted molar refractivity (Wildman–Crippen MR) is 56.4 cm³/mol. The quantitative estimate of drug-likeness (QED) is 0.640. The van der Waals surface area contributed by atoms with E-state index in [1.165, 1.54) is 0 Å². The number of β-amino-alcohol motifs (C(OH)–C–C–N with tert-alkyl or cyclic N) is 1. The standard InChI is InChI=1S/C10H11N5O/c16-10(5-11-6-10)8-3-1-2-7(4-8)9-12-14-15-13-9/h1-4,11,16H,5-6H2,(H,12,13,14,15). The third-order valence-electron chi connectivity index (χ3n) is 2.84. The SMILES string of the molecule is OC1(c2cccc(-c3nn[nH]n3)c2)CNC1. The molecule has 82 valence electrons. The van der Waals surface area contributed by atoms with Crippen LogP contribution >= 0.6 is 0 Å². The fourth-order valence-electron chi connectivity index (χ4n) is 1.80. The highest BCUT2D eigenvalue weighted by Gasteiger charge is 2.36. The van der Waals surface area contributed by atoms with Gasteiger partial charge in [0.25, 0.3) is 0 Å². The van der Waals surface area contributed by atoms with E-state index in [0.29, 0.717) is 18.9 Å². The molecule has 16 heavy (non-hydrogen) atoms. The Labute approximate surface area is 91.7 Å². The third-order valence-corrected chi connectivity index (χ3v) is 2.84. The van der Waals surface area contributed by atoms with Crippen molar-refractivity contribution in [3.8, 4) is 11.4 Å². The third kappa shape index (κ3) is 1.39. The molecule has 3 rings (SSSR count). The summed E-state index contributed by atoms with van der Waals surface area (Å²) in [7, 11) is 0. The largest absolute Gasteiger partial charge is 0.382 e. The van der Waals surface area contributed by atoms with E-state index in [2.05, 4.69) is 25.9 Å². The minimum atomic E-state index is -0.750. The Morgan fingerprint density at radius 2 is 2.19 bits per heavy atom. The van der Waals surface area contributed by atoms with Gasteiger partial charge in [-0.25, -0.2) is 0 Å². The molecular formula is C10H11N5O. The molecule has 0 saturated carbocycles. The second-order valence-corrected chi connectivity index (χ2v) is 3.95. The summed E-state index contributed by atoms with van der Waals surface area (Å²) in [6.45, 7) is 1.17. The smallest absolute Gasteiger partial charge is 0.204 e. The number of aromatic nitrogens is 4. The van der Waals surface area contributed by atoms with E-state index in [1.807, 2.05) is 24.3 Å². The van der Waals surface area contributed by atoms with Gasteiger partial charge in [0.05, 0.1) is 0 Å². The highest BCUT2D eigenvalue weighted by molar-refractivity contribution is 5.55. The molecule has 1 aromatic carbocycles. The van der Waals surface area contributed by atoms with Crippen molar-refractivity contribution in [2.75, 3.05) is 13.1 Å². The van der Waals surface area contributed by atoms with Crippen LogP contribution in [0.5, 0.6) is 0 Å². The van der Waals surface area contributed by atoms with Crippen LogP contribution in [0.3, 0.4) is 0 Å². The van der Waals surface area contributed by atoms with Gasteiger partial charge in [0.1, 0.15) is 5.60 Å². The molecule has 1 saturated heterocycles. The lowest BCUT2D eigenvalue weighted by atomic mass is 9.87. The van der Waals surface area contributed by atoms with Crippen LogP contribution in [-0.4, -0.2) is 38.8 Å². The zero-order chi connectivity index (χ0) is 11.0. The minimum absolute atomic E-state index is 0.540. The second-order valence-electron chi connectivity index (χ2n) is 3.95. The Morgan fingerprint density at radius 1 is 1.31 bits per heavy atom. The second kappa shape index (κ2) is 3.36. The summed E-state index contributed by atoms with van der Waals surface area (Å²) in [5.74, 6) is 0.540. The van der Waals surface area contributed by atoms with E-state index in [0.717, 1.165) is 11.1 Å². The molecule has 1 aromatic heterocycles. The summed E-state index contributed by atoms with van der Waals surface area (Å²) in [5.41, 5.74) is 0.986. The molecule has 0 atom stereocenters. The Balaban J connectivity index is 2.00. The lowest BCUT2D eigenvalue weighted by Crippen LogP contribution is -2.56. The molecule has 6 heteroatoms. The Bertz CT molecular complexity index is 492. The summed E-state index contributed by atoms with van der Waals surface area (Å²) in [4.78, 5) is 0. The molecule has 2 heterocycles. The van der Waals surface area contributed by atoms with E-state index in [4.69, 9.17) is 0 Å². The summed E-state index contributed by atoms with van der Waals surface area (Å²) in [6, 6.07) is 7.58. The van der Waals surface area contributed by atoms with Gasteiger partial charge in [-0.15, -0.1) is 10.2 Å². The van der Waals surface area contributed by atoms with Crippen molar-refractivity contribution in [3.05, 3.63) is 29.8 Å². The number of benzene rings is 1. The first-order chi connectivity index (χ1) is 7.78. The van der Waals surface area contributed by atoms with Gasteiger partial charge in [0, 0.05) is 18.7 Å². The highest BCUT2D eigenvalue weighted by Crippen LogP contribution is 2.27. The monoisotopic (exact) mass is 217 g/mol. The van der Waals surface area contributed by atoms with Gasteiger partial charge in [0.15, 0.2) is 0 Å². The van der Waals surface area contributed by atoms with Crippen molar-refractivity contribution in [1.29, 1.82) is 0 Å². The zero-order valence-corrected chi connectivity index (χ0v) is 8.51. The predicted octanol–water partition coefficient (Wildman–Crippen LogP) is -0.343. The van der Waals surface area contributed by atoms with Crippen LogP contribution in [0.2, 0.25) is 0 Å². The minimum Gasteiger partial charge on any atom is -0.382 e. The number of nitrogens with one attached hydrogen (secondary N) is 2. The van der Waals surface area contributed by atoms with Gasteiger partial charge >= 0.3 is 0 Å². The van der Waals surface area contributed by atoms with Gasteiger partial charge in [-0.3, -0.25) is 0 Å². The molecule has 1 aliphatic heterocycles. The number of hydrogen-bond donors (Lipinski definition) is 3. The Hall–Kier alpha value is -1.79. The van der Waals surface area contributed by atoms with Crippen LogP contribution < -0.4 is 5.32 Å². The van der Waals surface area contributed by atoms with Gasteiger partial charge in [-0.2, -0.15) is 5.21 Å². The van der Waals surface area contributed by atoms with Crippen molar-refractivity contribution < 1.29 is 5.11 Å². The summed E-state index contributed by atoms with van der Waals surface area (Å²) in [6.07, 6.45) is 0. The summed E-state index contributed by atoms with van der Waals surface area (Å²) < 4.78 is 0. The number of hydrogen-bond acceptors (Lipinski definition) is 5. The molecule has 0 spiro atoms. The van der Waals surface area contributed by atoms with Crippen LogP contribution in [0.15, 0.2) is 24.3 Å². The Kier molecular flexibility index (Phi) is 1.98. The Morgan fingerprint density at radius 3 is 2.81 bits per heavy atom. The molecule has 3 N–H and O–H groups in total. The molecule has 6 nitrogen and oxygen atoms in total. The maximum Gasteiger partial charge on any atom is 0.204 e. The zero-order valence-electron chi connectivity index (χ0n) is 8.51. The van der Waals surface area contributed by atoms with Crippen LogP contribution in [0.1, 0.15) is 5.56 Å². The number of H-pyrrole nitrogens is 1. The maximum absolute atomic E-state index is 10.2. The number of tetrazole rings is 1. The lowest BCUT2D eigenvalue weighted by Gasteiger charge is -2.38. The van der Waals surface area contributed by atoms with Gasteiger partial charge in [-0.1, -0.05) is 18.2 Å². The van der Waals surface area contributed by atoms with Gasteiger partial charge < -0.3 is 10.4 Å². The van der Waals surface area contributed by atoms with E-state index < -0.39 is 5.60 Å². The lowest BCUT2D eigenvalue weighted by molar-refractivity contribution is -0.0146. The first-order valence-corrected chi connectivity index (χ1v) is 5.05. The van der Waals surface area contributed by atoms with Crippen LogP contribution in [0.25, 0.3) is 11.4 Å². The highest BCUT2D eigenvalue weighted by atomic mass is 16.3. The molecule has 0 radical (unpaired) electrons. The van der Waals surface area contributed by atoms with Gasteiger partial charge in [-0.05, 0) is 16.8 Å². The average molecular weight is 217 g/mol. The molecule has 0 unspecified atom stereocenters. The number of aliphatic hydroxyl groups is 1. The van der Waals surface area contributed by atoms with Crippen LogP contribution in [0, 0.1) is 0 Å². The van der Waals surface area contributed by atoms with Crippen molar-refractivity contribution in [1.82, 2.24) is 25.9 Å². The van der Waals surface area contributed by atoms with Crippen LogP contribution in [-0.2, 0) is 5.60 Å². The fraction of sp³-hybridized carbons (Fsp3) is 0.300. The van der Waals surface area contributed by atoms with E-state index in [9.17, 15) is 5.11 Å². The van der Waals surface area contributed by atoms with Crippen LogP contribution in [0.4, 0.5) is 0 Å². The number of aromatic amines is 1. The molecule has 1 fully saturated rings. The topological polar surface area (TPSA) is 86.7 Å². The summed E-state index contributed by atoms with van der Waals surface area (Å²) >= 11 is 0. The van der Waals surface area contributed by atoms with Crippen molar-refractivity contribution in [3.63, 3.8) is 0 Å². The first-order valence-electron chi connectivity index (χ1n) is 5.05. The van der Waals surface area contributed by atoms with Gasteiger partial charge in [0.2, 0.25) is 5.82 Å². The molecule has 0 bridgehead atoms. The number of rotatable bonds is 2. The summed E-state index contributed by atoms with van der Waals surface area (Å²) in [5, 5.41) is 27.0. The molecule has 0 amide bonds.